The Morgan fingerprint density at radius 2 is 1.74 bits per heavy atom. The van der Waals surface area contributed by atoms with Gasteiger partial charge >= 0.3 is 0 Å². The Morgan fingerprint density at radius 3 is 2.40 bits per heavy atom. The van der Waals surface area contributed by atoms with Gasteiger partial charge in [-0.15, -0.1) is 0 Å². The molecule has 1 aromatic heterocycles. The summed E-state index contributed by atoms with van der Waals surface area (Å²) in [6.07, 6.45) is 8.92. The molecule has 1 N–H and O–H groups in total. The molecule has 1 aromatic carbocycles. The first-order valence-corrected chi connectivity index (χ1v) is 16.9. The lowest BCUT2D eigenvalue weighted by Gasteiger charge is -2.43. The summed E-state index contributed by atoms with van der Waals surface area (Å²) in [6, 6.07) is 6.97. The second kappa shape index (κ2) is 13.3. The Balaban J connectivity index is 1.11. The molecule has 0 spiro atoms. The number of carbonyl (C=O) groups excluding carboxylic acids is 1. The van der Waals surface area contributed by atoms with Crippen molar-refractivity contribution >= 4 is 21.7 Å². The molecule has 3 saturated heterocycles. The van der Waals surface area contributed by atoms with Crippen molar-refractivity contribution in [1.82, 2.24) is 24.1 Å². The van der Waals surface area contributed by atoms with E-state index in [0.717, 1.165) is 69.2 Å². The van der Waals surface area contributed by atoms with Crippen LogP contribution in [0.2, 0.25) is 0 Å². The van der Waals surface area contributed by atoms with Gasteiger partial charge in [0.1, 0.15) is 23.7 Å². The van der Waals surface area contributed by atoms with Crippen LogP contribution < -0.4 is 5.32 Å². The average molecular weight is 603 g/mol. The number of amides is 1. The lowest BCUT2D eigenvalue weighted by atomic mass is 9.97. The van der Waals surface area contributed by atoms with Crippen molar-refractivity contribution in [1.29, 1.82) is 0 Å². The fourth-order valence-electron chi connectivity index (χ4n) is 6.50. The number of piperidine rings is 2. The molecule has 0 bridgehead atoms. The van der Waals surface area contributed by atoms with Gasteiger partial charge in [-0.25, -0.2) is 27.1 Å². The number of ether oxygens (including phenoxy) is 1. The van der Waals surface area contributed by atoms with Gasteiger partial charge in [-0.2, -0.15) is 0 Å². The van der Waals surface area contributed by atoms with E-state index in [1.54, 1.807) is 19.2 Å². The van der Waals surface area contributed by atoms with Crippen LogP contribution in [0.3, 0.4) is 0 Å². The van der Waals surface area contributed by atoms with E-state index in [9.17, 15) is 17.6 Å². The van der Waals surface area contributed by atoms with Gasteiger partial charge in [0, 0.05) is 44.3 Å². The monoisotopic (exact) mass is 602 g/mol. The number of anilines is 1. The number of likely N-dealkylation sites (tertiary alicyclic amines) is 2. The smallest absolute Gasteiger partial charge is 0.272 e. The quantitative estimate of drug-likeness (QED) is 0.489. The number of aromatic nitrogens is 2. The van der Waals surface area contributed by atoms with Gasteiger partial charge in [0.05, 0.1) is 18.5 Å². The summed E-state index contributed by atoms with van der Waals surface area (Å²) in [5, 5.41) is 3.38. The zero-order chi connectivity index (χ0) is 29.9. The number of hydrogen-bond acceptors (Lipinski definition) is 8. The van der Waals surface area contributed by atoms with Crippen molar-refractivity contribution in [2.75, 3.05) is 51.3 Å². The van der Waals surface area contributed by atoms with E-state index in [-0.39, 0.29) is 30.0 Å². The highest BCUT2D eigenvalue weighted by molar-refractivity contribution is 7.88. The van der Waals surface area contributed by atoms with E-state index in [0.29, 0.717) is 37.2 Å². The third-order valence-electron chi connectivity index (χ3n) is 9.18. The second-order valence-electron chi connectivity index (χ2n) is 11.9. The summed E-state index contributed by atoms with van der Waals surface area (Å²) in [5.41, 5.74) is 2.14. The van der Waals surface area contributed by atoms with E-state index in [4.69, 9.17) is 4.74 Å². The first-order valence-electron chi connectivity index (χ1n) is 15.0. The number of hydrogen-bond donors (Lipinski definition) is 1. The standard InChI is InChI=1S/C30H43FN6O4S/c1-21-28(30(38)37-17-13-25(14-18-37)36-15-11-24(12-16-36)35(2)42(3,39)40)33-20-34-29(21)32-19-26-5-4-6-27(41-26)22-7-9-23(31)10-8-22/h7-10,20,24-27H,4-6,11-19H2,1-3H3,(H,32,33,34). The van der Waals surface area contributed by atoms with Crippen molar-refractivity contribution in [2.45, 2.75) is 76.2 Å². The van der Waals surface area contributed by atoms with Gasteiger partial charge in [0.25, 0.3) is 5.91 Å². The number of sulfonamides is 1. The fourth-order valence-corrected chi connectivity index (χ4v) is 7.25. The van der Waals surface area contributed by atoms with Gasteiger partial charge in [-0.3, -0.25) is 4.79 Å². The Morgan fingerprint density at radius 1 is 1.05 bits per heavy atom. The molecule has 2 aromatic rings. The van der Waals surface area contributed by atoms with Gasteiger partial charge < -0.3 is 19.9 Å². The maximum Gasteiger partial charge on any atom is 0.272 e. The highest BCUT2D eigenvalue weighted by atomic mass is 32.2. The summed E-state index contributed by atoms with van der Waals surface area (Å²) < 4.78 is 44.9. The molecule has 2 unspecified atom stereocenters. The van der Waals surface area contributed by atoms with Crippen LogP contribution in [0.25, 0.3) is 0 Å². The van der Waals surface area contributed by atoms with Crippen LogP contribution in [-0.2, 0) is 14.8 Å². The van der Waals surface area contributed by atoms with Crippen LogP contribution in [0.4, 0.5) is 10.2 Å². The van der Waals surface area contributed by atoms with E-state index in [1.165, 1.54) is 29.0 Å². The van der Waals surface area contributed by atoms with E-state index < -0.39 is 10.0 Å². The van der Waals surface area contributed by atoms with Crippen LogP contribution in [0.5, 0.6) is 0 Å². The minimum Gasteiger partial charge on any atom is -0.368 e. The number of nitrogens with one attached hydrogen (secondary N) is 1. The number of halogens is 1. The summed E-state index contributed by atoms with van der Waals surface area (Å²) in [7, 11) is -1.51. The summed E-state index contributed by atoms with van der Waals surface area (Å²) in [6.45, 7) is 5.52. The molecule has 3 fully saturated rings. The van der Waals surface area contributed by atoms with E-state index >= 15 is 0 Å². The maximum atomic E-state index is 13.5. The van der Waals surface area contributed by atoms with E-state index in [1.807, 2.05) is 11.8 Å². The summed E-state index contributed by atoms with van der Waals surface area (Å²) in [5.74, 6) is 0.312. The molecule has 5 rings (SSSR count). The van der Waals surface area contributed by atoms with Crippen LogP contribution in [0.15, 0.2) is 30.6 Å². The van der Waals surface area contributed by atoms with Crippen molar-refractivity contribution in [3.8, 4) is 0 Å². The molecule has 4 heterocycles. The van der Waals surface area contributed by atoms with Gasteiger partial charge in [0.15, 0.2) is 0 Å². The highest BCUT2D eigenvalue weighted by Crippen LogP contribution is 2.32. The number of carbonyl (C=O) groups is 1. The summed E-state index contributed by atoms with van der Waals surface area (Å²) in [4.78, 5) is 26.6. The summed E-state index contributed by atoms with van der Waals surface area (Å²) >= 11 is 0. The zero-order valence-corrected chi connectivity index (χ0v) is 25.7. The van der Waals surface area contributed by atoms with Crippen LogP contribution in [0, 0.1) is 12.7 Å². The minimum absolute atomic E-state index is 0.0156. The largest absolute Gasteiger partial charge is 0.368 e. The molecule has 0 aliphatic carbocycles. The van der Waals surface area contributed by atoms with Crippen molar-refractivity contribution in [2.24, 2.45) is 0 Å². The first kappa shape index (κ1) is 30.8. The third kappa shape index (κ3) is 7.27. The normalized spacial score (nSPS) is 23.3. The van der Waals surface area contributed by atoms with Crippen molar-refractivity contribution in [3.05, 3.63) is 53.2 Å². The molecule has 3 aliphatic heterocycles. The molecule has 0 radical (unpaired) electrons. The molecule has 230 valence electrons. The van der Waals surface area contributed by atoms with Gasteiger partial charge in [-0.1, -0.05) is 12.1 Å². The van der Waals surface area contributed by atoms with Crippen LogP contribution in [-0.4, -0.2) is 103 Å². The van der Waals surface area contributed by atoms with Crippen molar-refractivity contribution in [3.63, 3.8) is 0 Å². The molecule has 12 heteroatoms. The maximum absolute atomic E-state index is 13.5. The number of benzene rings is 1. The predicted molar refractivity (Wildman–Crippen MR) is 159 cm³/mol. The third-order valence-corrected chi connectivity index (χ3v) is 10.5. The molecule has 3 aliphatic rings. The molecule has 1 amide bonds. The van der Waals surface area contributed by atoms with E-state index in [2.05, 4.69) is 20.2 Å². The minimum atomic E-state index is -3.18. The lowest BCUT2D eigenvalue weighted by molar-refractivity contribution is -0.0442. The number of nitrogens with zero attached hydrogens (tertiary/aromatic N) is 5. The second-order valence-corrected chi connectivity index (χ2v) is 13.9. The molecule has 2 atom stereocenters. The topological polar surface area (TPSA) is 108 Å². The molecular formula is C30H43FN6O4S. The average Bonchev–Trinajstić information content (AvgIpc) is 3.00. The first-order chi connectivity index (χ1) is 20.1. The Bertz CT molecular complexity index is 1330. The number of rotatable bonds is 8. The molecule has 0 saturated carbocycles. The lowest BCUT2D eigenvalue weighted by Crippen LogP contribution is -2.52. The van der Waals surface area contributed by atoms with Gasteiger partial charge in [-0.05, 0) is 82.7 Å². The predicted octanol–water partition coefficient (Wildman–Crippen LogP) is 3.61. The highest BCUT2D eigenvalue weighted by Gasteiger charge is 2.33. The Hall–Kier alpha value is -2.67. The SMILES string of the molecule is Cc1c(NCC2CCCC(c3ccc(F)cc3)O2)ncnc1C(=O)N1CCC(N2CCC(N(C)S(C)(=O)=O)CC2)CC1. The van der Waals surface area contributed by atoms with Crippen LogP contribution in [0.1, 0.15) is 72.7 Å². The fraction of sp³-hybridized carbons (Fsp3) is 0.633. The van der Waals surface area contributed by atoms with Crippen molar-refractivity contribution < 1.29 is 22.3 Å². The molecule has 42 heavy (non-hydrogen) atoms. The van der Waals surface area contributed by atoms with Crippen LogP contribution >= 0.6 is 0 Å². The zero-order valence-electron chi connectivity index (χ0n) is 24.8. The Kier molecular flexibility index (Phi) is 9.76. The molecular weight excluding hydrogens is 559 g/mol. The van der Waals surface area contributed by atoms with Gasteiger partial charge in [0.2, 0.25) is 10.0 Å². The molecule has 10 nitrogen and oxygen atoms in total. The Labute approximate surface area is 248 Å².